The fourth-order valence-corrected chi connectivity index (χ4v) is 1.86. The second kappa shape index (κ2) is 7.78. The summed E-state index contributed by atoms with van der Waals surface area (Å²) in [6.45, 7) is 5.59. The third kappa shape index (κ3) is 4.71. The third-order valence-corrected chi connectivity index (χ3v) is 3.11. The molecule has 2 nitrogen and oxygen atoms in total. The average molecular weight is 294 g/mol. The van der Waals surface area contributed by atoms with Crippen molar-refractivity contribution in [3.63, 3.8) is 0 Å². The van der Waals surface area contributed by atoms with Crippen LogP contribution in [0.15, 0.2) is 12.1 Å². The molecule has 5 heteroatoms. The number of aliphatic hydroxyl groups excluding tert-OH is 1. The SMILES string of the molecule is Cc1ccc(F)c([C@H](N)[C@H](O)CCC(C)C)c1F.Cl. The standard InChI is InChI=1S/C14H21F2NO.ClH/c1-8(2)4-7-11(18)14(17)12-10(15)6-5-9(3)13(12)16;/h5-6,8,11,14,18H,4,7,17H2,1-3H3;1H/t11-,14-;/m1./s1. The zero-order valence-corrected chi connectivity index (χ0v) is 12.3. The minimum atomic E-state index is -1.02. The van der Waals surface area contributed by atoms with Crippen LogP contribution in [0.1, 0.15) is 43.9 Å². The van der Waals surface area contributed by atoms with Crippen LogP contribution in [-0.2, 0) is 0 Å². The molecule has 0 aliphatic carbocycles. The van der Waals surface area contributed by atoms with Crippen molar-refractivity contribution in [2.45, 2.75) is 45.8 Å². The summed E-state index contributed by atoms with van der Waals surface area (Å²) >= 11 is 0. The number of nitrogens with two attached hydrogens (primary N) is 1. The molecule has 0 saturated carbocycles. The Bertz CT molecular complexity index is 413. The molecule has 2 atom stereocenters. The van der Waals surface area contributed by atoms with Crippen LogP contribution < -0.4 is 5.73 Å². The number of benzene rings is 1. The lowest BCUT2D eigenvalue weighted by Crippen LogP contribution is -2.28. The summed E-state index contributed by atoms with van der Waals surface area (Å²) in [5.41, 5.74) is 5.88. The van der Waals surface area contributed by atoms with Crippen molar-refractivity contribution in [2.24, 2.45) is 11.7 Å². The highest BCUT2D eigenvalue weighted by atomic mass is 35.5. The van der Waals surface area contributed by atoms with Crippen LogP contribution in [-0.4, -0.2) is 11.2 Å². The van der Waals surface area contributed by atoms with Gasteiger partial charge in [0.25, 0.3) is 0 Å². The normalized spacial score (nSPS) is 14.1. The second-order valence-electron chi connectivity index (χ2n) is 5.16. The Kier molecular flexibility index (Phi) is 7.49. The van der Waals surface area contributed by atoms with E-state index < -0.39 is 23.8 Å². The van der Waals surface area contributed by atoms with Crippen molar-refractivity contribution in [3.8, 4) is 0 Å². The molecule has 0 aliphatic heterocycles. The van der Waals surface area contributed by atoms with Gasteiger partial charge in [0.1, 0.15) is 11.6 Å². The van der Waals surface area contributed by atoms with Gasteiger partial charge < -0.3 is 10.8 Å². The summed E-state index contributed by atoms with van der Waals surface area (Å²) in [6.07, 6.45) is 0.272. The number of halogens is 3. The number of hydrogen-bond acceptors (Lipinski definition) is 2. The van der Waals surface area contributed by atoms with E-state index in [9.17, 15) is 13.9 Å². The molecular weight excluding hydrogens is 272 g/mol. The van der Waals surface area contributed by atoms with Gasteiger partial charge >= 0.3 is 0 Å². The Morgan fingerprint density at radius 1 is 1.21 bits per heavy atom. The number of aliphatic hydroxyl groups is 1. The Morgan fingerprint density at radius 3 is 2.32 bits per heavy atom. The largest absolute Gasteiger partial charge is 0.391 e. The average Bonchev–Trinajstić information content (AvgIpc) is 2.31. The van der Waals surface area contributed by atoms with Gasteiger partial charge in [-0.3, -0.25) is 0 Å². The summed E-state index contributed by atoms with van der Waals surface area (Å²) in [7, 11) is 0. The zero-order valence-electron chi connectivity index (χ0n) is 11.5. The van der Waals surface area contributed by atoms with Gasteiger partial charge in [-0.25, -0.2) is 8.78 Å². The molecule has 0 heterocycles. The van der Waals surface area contributed by atoms with Crippen LogP contribution in [0.5, 0.6) is 0 Å². The lowest BCUT2D eigenvalue weighted by atomic mass is 9.94. The Hall–Kier alpha value is -0.710. The Morgan fingerprint density at radius 2 is 1.79 bits per heavy atom. The van der Waals surface area contributed by atoms with E-state index in [4.69, 9.17) is 5.73 Å². The van der Waals surface area contributed by atoms with Gasteiger partial charge in [0.2, 0.25) is 0 Å². The molecule has 19 heavy (non-hydrogen) atoms. The molecule has 3 N–H and O–H groups in total. The highest BCUT2D eigenvalue weighted by Crippen LogP contribution is 2.26. The van der Waals surface area contributed by atoms with Crippen molar-refractivity contribution in [1.82, 2.24) is 0 Å². The third-order valence-electron chi connectivity index (χ3n) is 3.11. The quantitative estimate of drug-likeness (QED) is 0.873. The number of aryl methyl sites for hydroxylation is 1. The fourth-order valence-electron chi connectivity index (χ4n) is 1.86. The smallest absolute Gasteiger partial charge is 0.133 e. The van der Waals surface area contributed by atoms with Gasteiger partial charge in [-0.1, -0.05) is 19.9 Å². The van der Waals surface area contributed by atoms with Gasteiger partial charge in [-0.15, -0.1) is 12.4 Å². The number of rotatable bonds is 5. The van der Waals surface area contributed by atoms with E-state index in [0.717, 1.165) is 6.42 Å². The lowest BCUT2D eigenvalue weighted by Gasteiger charge is -2.21. The minimum absolute atomic E-state index is 0. The summed E-state index contributed by atoms with van der Waals surface area (Å²) < 4.78 is 27.4. The van der Waals surface area contributed by atoms with Gasteiger partial charge in [-0.2, -0.15) is 0 Å². The van der Waals surface area contributed by atoms with E-state index in [1.807, 2.05) is 13.8 Å². The van der Waals surface area contributed by atoms with Gasteiger partial charge in [-0.05, 0) is 37.3 Å². The summed E-state index contributed by atoms with van der Waals surface area (Å²) in [6, 6.07) is 1.52. The molecule has 0 radical (unpaired) electrons. The summed E-state index contributed by atoms with van der Waals surface area (Å²) in [5.74, 6) is -0.945. The monoisotopic (exact) mass is 293 g/mol. The maximum absolute atomic E-state index is 13.8. The van der Waals surface area contributed by atoms with Crippen LogP contribution in [0.3, 0.4) is 0 Å². The van der Waals surface area contributed by atoms with E-state index in [-0.39, 0.29) is 18.0 Å². The maximum Gasteiger partial charge on any atom is 0.133 e. The highest BCUT2D eigenvalue weighted by molar-refractivity contribution is 5.85. The predicted molar refractivity (Wildman–Crippen MR) is 75.4 cm³/mol. The van der Waals surface area contributed by atoms with E-state index >= 15 is 0 Å². The van der Waals surface area contributed by atoms with E-state index in [0.29, 0.717) is 17.9 Å². The first-order valence-corrected chi connectivity index (χ1v) is 6.22. The first-order chi connectivity index (χ1) is 8.34. The van der Waals surface area contributed by atoms with Crippen molar-refractivity contribution in [2.75, 3.05) is 0 Å². The molecule has 1 rings (SSSR count). The molecule has 110 valence electrons. The highest BCUT2D eigenvalue weighted by Gasteiger charge is 2.24. The molecule has 0 spiro atoms. The molecule has 0 fully saturated rings. The Labute approximate surface area is 119 Å². The molecule has 0 amide bonds. The molecule has 1 aromatic carbocycles. The molecule has 0 unspecified atom stereocenters. The fraction of sp³-hybridized carbons (Fsp3) is 0.571. The van der Waals surface area contributed by atoms with Gasteiger partial charge in [0.15, 0.2) is 0 Å². The van der Waals surface area contributed by atoms with Crippen LogP contribution in [0.4, 0.5) is 8.78 Å². The van der Waals surface area contributed by atoms with Crippen molar-refractivity contribution in [3.05, 3.63) is 34.9 Å². The van der Waals surface area contributed by atoms with E-state index in [1.165, 1.54) is 12.1 Å². The summed E-state index contributed by atoms with van der Waals surface area (Å²) in [5, 5.41) is 9.90. The zero-order chi connectivity index (χ0) is 13.9. The Balaban J connectivity index is 0.00000324. The molecule has 0 aromatic heterocycles. The summed E-state index contributed by atoms with van der Waals surface area (Å²) in [4.78, 5) is 0. The van der Waals surface area contributed by atoms with Crippen molar-refractivity contribution < 1.29 is 13.9 Å². The van der Waals surface area contributed by atoms with Crippen LogP contribution in [0, 0.1) is 24.5 Å². The molecular formula is C14H22ClF2NO. The molecule has 1 aromatic rings. The topological polar surface area (TPSA) is 46.2 Å². The predicted octanol–water partition coefficient (Wildman–Crippen LogP) is 3.49. The van der Waals surface area contributed by atoms with Crippen molar-refractivity contribution >= 4 is 12.4 Å². The van der Waals surface area contributed by atoms with Crippen LogP contribution >= 0.6 is 12.4 Å². The molecule has 0 saturated heterocycles. The first-order valence-electron chi connectivity index (χ1n) is 6.22. The second-order valence-corrected chi connectivity index (χ2v) is 5.16. The minimum Gasteiger partial charge on any atom is -0.391 e. The maximum atomic E-state index is 13.8. The van der Waals surface area contributed by atoms with Crippen molar-refractivity contribution in [1.29, 1.82) is 0 Å². The van der Waals surface area contributed by atoms with Crippen LogP contribution in [0.25, 0.3) is 0 Å². The molecule has 0 aliphatic rings. The molecule has 0 bridgehead atoms. The first kappa shape index (κ1) is 18.3. The van der Waals surface area contributed by atoms with Gasteiger partial charge in [0, 0.05) is 5.56 Å². The van der Waals surface area contributed by atoms with E-state index in [2.05, 4.69) is 0 Å². The lowest BCUT2D eigenvalue weighted by molar-refractivity contribution is 0.125. The van der Waals surface area contributed by atoms with Crippen LogP contribution in [0.2, 0.25) is 0 Å². The number of hydrogen-bond donors (Lipinski definition) is 2. The van der Waals surface area contributed by atoms with E-state index in [1.54, 1.807) is 6.92 Å². The van der Waals surface area contributed by atoms with Gasteiger partial charge in [0.05, 0.1) is 12.1 Å².